The summed E-state index contributed by atoms with van der Waals surface area (Å²) in [5.74, 6) is 0.201. The zero-order valence-corrected chi connectivity index (χ0v) is 18.9. The smallest absolute Gasteiger partial charge is 0.265 e. The molecule has 0 aliphatic carbocycles. The lowest BCUT2D eigenvalue weighted by atomic mass is 10.2. The monoisotopic (exact) mass is 464 g/mol. The van der Waals surface area contributed by atoms with Gasteiger partial charge in [-0.25, -0.2) is 8.42 Å². The summed E-state index contributed by atoms with van der Waals surface area (Å²) in [6.45, 7) is 2.64. The van der Waals surface area contributed by atoms with E-state index in [0.717, 1.165) is 21.2 Å². The molecule has 3 aromatic rings. The molecule has 0 saturated heterocycles. The van der Waals surface area contributed by atoms with E-state index >= 15 is 0 Å². The molecule has 3 rings (SSSR count). The standard InChI is InChI=1S/C21H21ClN2O4S2/c1-3-28-18-9-7-17(8-10-18)24(2)30(26,27)19-11-12-29-20(19)21(25)23-14-15-5-4-6-16(22)13-15/h4-13H,3,14H2,1-2H3,(H,23,25). The number of sulfonamides is 1. The van der Waals surface area contributed by atoms with Crippen molar-refractivity contribution in [1.82, 2.24) is 5.32 Å². The zero-order valence-electron chi connectivity index (χ0n) is 16.5. The van der Waals surface area contributed by atoms with Gasteiger partial charge in [-0.2, -0.15) is 0 Å². The largest absolute Gasteiger partial charge is 0.494 e. The number of anilines is 1. The van der Waals surface area contributed by atoms with E-state index in [9.17, 15) is 13.2 Å². The second-order valence-electron chi connectivity index (χ2n) is 6.33. The summed E-state index contributed by atoms with van der Waals surface area (Å²) in [5.41, 5.74) is 1.29. The average Bonchev–Trinajstić information content (AvgIpc) is 3.23. The van der Waals surface area contributed by atoms with Crippen LogP contribution in [0.2, 0.25) is 5.02 Å². The van der Waals surface area contributed by atoms with Gasteiger partial charge in [-0.15, -0.1) is 11.3 Å². The number of nitrogens with zero attached hydrogens (tertiary/aromatic N) is 1. The summed E-state index contributed by atoms with van der Waals surface area (Å²) in [6, 6.07) is 15.3. The first-order valence-corrected chi connectivity index (χ1v) is 11.8. The van der Waals surface area contributed by atoms with Crippen molar-refractivity contribution in [3.8, 4) is 5.75 Å². The Hall–Kier alpha value is -2.55. The number of rotatable bonds is 8. The SMILES string of the molecule is CCOc1ccc(N(C)S(=O)(=O)c2ccsc2C(=O)NCc2cccc(Cl)c2)cc1. The highest BCUT2D eigenvalue weighted by atomic mass is 35.5. The maximum Gasteiger partial charge on any atom is 0.265 e. The molecule has 9 heteroatoms. The lowest BCUT2D eigenvalue weighted by molar-refractivity contribution is 0.0952. The maximum absolute atomic E-state index is 13.2. The first kappa shape index (κ1) is 22.1. The van der Waals surface area contributed by atoms with Crippen molar-refractivity contribution >= 4 is 44.6 Å². The predicted molar refractivity (Wildman–Crippen MR) is 120 cm³/mol. The van der Waals surface area contributed by atoms with Crippen LogP contribution in [0.3, 0.4) is 0 Å². The van der Waals surface area contributed by atoms with Crippen molar-refractivity contribution in [2.24, 2.45) is 0 Å². The Morgan fingerprint density at radius 1 is 1.17 bits per heavy atom. The zero-order chi connectivity index (χ0) is 21.7. The molecular weight excluding hydrogens is 444 g/mol. The van der Waals surface area contributed by atoms with Gasteiger partial charge in [0.1, 0.15) is 15.5 Å². The molecular formula is C21H21ClN2O4S2. The topological polar surface area (TPSA) is 75.7 Å². The molecule has 0 unspecified atom stereocenters. The van der Waals surface area contributed by atoms with E-state index in [-0.39, 0.29) is 16.3 Å². The van der Waals surface area contributed by atoms with Gasteiger partial charge in [0.15, 0.2) is 0 Å². The number of amides is 1. The van der Waals surface area contributed by atoms with Crippen LogP contribution in [0.1, 0.15) is 22.2 Å². The Labute approximate surface area is 185 Å². The summed E-state index contributed by atoms with van der Waals surface area (Å²) < 4.78 is 32.8. The molecule has 0 spiro atoms. The Morgan fingerprint density at radius 3 is 2.57 bits per heavy atom. The lowest BCUT2D eigenvalue weighted by Crippen LogP contribution is -2.29. The van der Waals surface area contributed by atoms with Gasteiger partial charge in [-0.1, -0.05) is 23.7 Å². The van der Waals surface area contributed by atoms with E-state index in [1.165, 1.54) is 13.1 Å². The number of hydrogen-bond acceptors (Lipinski definition) is 5. The average molecular weight is 465 g/mol. The van der Waals surface area contributed by atoms with Crippen LogP contribution in [0.25, 0.3) is 0 Å². The number of nitrogens with one attached hydrogen (secondary N) is 1. The number of thiophene rings is 1. The van der Waals surface area contributed by atoms with Gasteiger partial charge in [-0.05, 0) is 60.3 Å². The van der Waals surface area contributed by atoms with Crippen LogP contribution in [-0.2, 0) is 16.6 Å². The molecule has 0 fully saturated rings. The van der Waals surface area contributed by atoms with E-state index < -0.39 is 15.9 Å². The third-order valence-electron chi connectivity index (χ3n) is 4.33. The molecule has 0 saturated carbocycles. The third kappa shape index (κ3) is 4.95. The van der Waals surface area contributed by atoms with Crippen molar-refractivity contribution in [3.63, 3.8) is 0 Å². The number of hydrogen-bond donors (Lipinski definition) is 1. The van der Waals surface area contributed by atoms with Crippen LogP contribution in [0.4, 0.5) is 5.69 Å². The first-order chi connectivity index (χ1) is 14.3. The van der Waals surface area contributed by atoms with Gasteiger partial charge in [0.2, 0.25) is 0 Å². The van der Waals surface area contributed by atoms with E-state index in [2.05, 4.69) is 5.32 Å². The lowest BCUT2D eigenvalue weighted by Gasteiger charge is -2.20. The van der Waals surface area contributed by atoms with Crippen LogP contribution in [0.15, 0.2) is 64.9 Å². The minimum atomic E-state index is -3.92. The molecule has 1 heterocycles. The molecule has 1 amide bonds. The molecule has 0 radical (unpaired) electrons. The first-order valence-electron chi connectivity index (χ1n) is 9.15. The van der Waals surface area contributed by atoms with Gasteiger partial charge in [0, 0.05) is 18.6 Å². The van der Waals surface area contributed by atoms with E-state index in [0.29, 0.717) is 23.1 Å². The second-order valence-corrected chi connectivity index (χ2v) is 9.62. The van der Waals surface area contributed by atoms with Crippen LogP contribution in [-0.4, -0.2) is 28.0 Å². The highest BCUT2D eigenvalue weighted by Crippen LogP contribution is 2.29. The van der Waals surface area contributed by atoms with Gasteiger partial charge >= 0.3 is 0 Å². The summed E-state index contributed by atoms with van der Waals surface area (Å²) in [5, 5.41) is 4.91. The molecule has 158 valence electrons. The van der Waals surface area contributed by atoms with Gasteiger partial charge in [-0.3, -0.25) is 9.10 Å². The highest BCUT2D eigenvalue weighted by Gasteiger charge is 2.28. The molecule has 1 aromatic heterocycles. The Morgan fingerprint density at radius 2 is 1.90 bits per heavy atom. The maximum atomic E-state index is 13.2. The molecule has 2 aromatic carbocycles. The van der Waals surface area contributed by atoms with E-state index in [1.54, 1.807) is 47.8 Å². The van der Waals surface area contributed by atoms with Crippen LogP contribution >= 0.6 is 22.9 Å². The Kier molecular flexibility index (Phi) is 7.02. The van der Waals surface area contributed by atoms with E-state index in [4.69, 9.17) is 16.3 Å². The second kappa shape index (κ2) is 9.51. The molecule has 0 atom stereocenters. The predicted octanol–water partition coefficient (Wildman–Crippen LogP) is 4.56. The summed E-state index contributed by atoms with van der Waals surface area (Å²) in [7, 11) is -2.46. The van der Waals surface area contributed by atoms with Crippen LogP contribution in [0.5, 0.6) is 5.75 Å². The van der Waals surface area contributed by atoms with Crippen molar-refractivity contribution < 1.29 is 17.9 Å². The Balaban J connectivity index is 1.78. The van der Waals surface area contributed by atoms with Crippen molar-refractivity contribution in [1.29, 1.82) is 0 Å². The molecule has 1 N–H and O–H groups in total. The fourth-order valence-corrected chi connectivity index (χ4v) is 5.51. The van der Waals surface area contributed by atoms with Crippen LogP contribution in [0, 0.1) is 0 Å². The molecule has 6 nitrogen and oxygen atoms in total. The number of carbonyl (C=O) groups is 1. The van der Waals surface area contributed by atoms with E-state index in [1.807, 2.05) is 13.0 Å². The number of carbonyl (C=O) groups excluding carboxylic acids is 1. The third-order valence-corrected chi connectivity index (χ3v) is 7.43. The van der Waals surface area contributed by atoms with Gasteiger partial charge in [0.25, 0.3) is 15.9 Å². The Bertz CT molecular complexity index is 1130. The van der Waals surface area contributed by atoms with Gasteiger partial charge in [0.05, 0.1) is 12.3 Å². The summed E-state index contributed by atoms with van der Waals surface area (Å²) in [6.07, 6.45) is 0. The number of benzene rings is 2. The molecule has 0 aliphatic heterocycles. The van der Waals surface area contributed by atoms with Crippen LogP contribution < -0.4 is 14.4 Å². The van der Waals surface area contributed by atoms with Crippen molar-refractivity contribution in [2.45, 2.75) is 18.4 Å². The van der Waals surface area contributed by atoms with Crippen molar-refractivity contribution in [3.05, 3.63) is 75.4 Å². The molecule has 30 heavy (non-hydrogen) atoms. The fourth-order valence-electron chi connectivity index (χ4n) is 2.78. The quantitative estimate of drug-likeness (QED) is 0.530. The minimum absolute atomic E-state index is 0.0347. The van der Waals surface area contributed by atoms with Gasteiger partial charge < -0.3 is 10.1 Å². The summed E-state index contributed by atoms with van der Waals surface area (Å²) >= 11 is 7.04. The number of halogens is 1. The summed E-state index contributed by atoms with van der Waals surface area (Å²) in [4.78, 5) is 12.8. The fraction of sp³-hybridized carbons (Fsp3) is 0.190. The number of ether oxygens (including phenoxy) is 1. The molecule has 0 aliphatic rings. The normalized spacial score (nSPS) is 11.2. The highest BCUT2D eigenvalue weighted by molar-refractivity contribution is 7.93. The van der Waals surface area contributed by atoms with Crippen molar-refractivity contribution in [2.75, 3.05) is 18.0 Å². The minimum Gasteiger partial charge on any atom is -0.494 e. The molecule has 0 bridgehead atoms.